The Kier molecular flexibility index (Phi) is 5.77. The van der Waals surface area contributed by atoms with E-state index in [9.17, 15) is 43.8 Å². The molecule has 0 aliphatic heterocycles. The van der Waals surface area contributed by atoms with E-state index in [-0.39, 0.29) is 44.9 Å². The molecule has 6 N–H and O–H groups in total. The van der Waals surface area contributed by atoms with Gasteiger partial charge in [-0.25, -0.2) is 0 Å². The van der Waals surface area contributed by atoms with Crippen LogP contribution in [0.25, 0.3) is 0 Å². The Labute approximate surface area is 164 Å². The zero-order valence-electron chi connectivity index (χ0n) is 15.2. The summed E-state index contributed by atoms with van der Waals surface area (Å²) in [4.78, 5) is 0. The molecule has 29 heavy (non-hydrogen) atoms. The molecular formula is C20H21F3O6. The molecule has 2 aromatic carbocycles. The first-order valence-corrected chi connectivity index (χ1v) is 8.87. The van der Waals surface area contributed by atoms with Gasteiger partial charge in [0.1, 0.15) is 11.5 Å². The first-order chi connectivity index (χ1) is 13.7. The number of alkyl halides is 3. The Morgan fingerprint density at radius 1 is 0.621 bits per heavy atom. The molecule has 0 radical (unpaired) electrons. The number of phenols is 2. The van der Waals surface area contributed by atoms with Gasteiger partial charge in [0, 0.05) is 34.1 Å². The predicted octanol–water partition coefficient (Wildman–Crippen LogP) is 2.13. The molecular weight excluding hydrogens is 393 g/mol. The van der Waals surface area contributed by atoms with Crippen LogP contribution in [0.3, 0.4) is 0 Å². The molecule has 0 saturated heterocycles. The summed E-state index contributed by atoms with van der Waals surface area (Å²) in [6, 6.07) is 5.10. The number of rotatable bonds is 6. The Morgan fingerprint density at radius 2 is 0.897 bits per heavy atom. The monoisotopic (exact) mass is 414 g/mol. The van der Waals surface area contributed by atoms with Gasteiger partial charge in [0.25, 0.3) is 0 Å². The van der Waals surface area contributed by atoms with Crippen molar-refractivity contribution in [1.29, 1.82) is 0 Å². The fourth-order valence-electron chi connectivity index (χ4n) is 3.99. The molecule has 0 heterocycles. The van der Waals surface area contributed by atoms with Crippen LogP contribution in [0.1, 0.15) is 45.2 Å². The minimum atomic E-state index is -4.55. The van der Waals surface area contributed by atoms with Gasteiger partial charge in [-0.05, 0) is 35.4 Å². The lowest BCUT2D eigenvalue weighted by Crippen LogP contribution is -2.13. The highest BCUT2D eigenvalue weighted by molar-refractivity contribution is 5.51. The van der Waals surface area contributed by atoms with Crippen molar-refractivity contribution in [3.63, 3.8) is 0 Å². The molecule has 0 spiro atoms. The van der Waals surface area contributed by atoms with Crippen molar-refractivity contribution in [3.8, 4) is 11.5 Å². The molecule has 6 nitrogen and oxygen atoms in total. The SMILES string of the molecule is OCc1cc(C2C(c3cc(CO)c(O)c(CO)c3)C2C(F)(F)F)cc(CO)c1O. The summed E-state index contributed by atoms with van der Waals surface area (Å²) in [7, 11) is 0. The Balaban J connectivity index is 2.11. The van der Waals surface area contributed by atoms with Gasteiger partial charge in [-0.2, -0.15) is 13.2 Å². The minimum Gasteiger partial charge on any atom is -0.507 e. The van der Waals surface area contributed by atoms with Gasteiger partial charge >= 0.3 is 6.18 Å². The summed E-state index contributed by atoms with van der Waals surface area (Å²) in [6.45, 7) is -2.43. The number of aromatic hydroxyl groups is 2. The number of aliphatic hydroxyl groups excluding tert-OH is 4. The number of hydrogen-bond donors (Lipinski definition) is 6. The quantitative estimate of drug-likeness (QED) is 0.431. The van der Waals surface area contributed by atoms with Crippen LogP contribution in [0.4, 0.5) is 13.2 Å². The summed E-state index contributed by atoms with van der Waals surface area (Å²) in [5, 5.41) is 57.5. The molecule has 0 amide bonds. The van der Waals surface area contributed by atoms with E-state index in [0.717, 1.165) is 0 Å². The maximum absolute atomic E-state index is 13.7. The molecule has 1 aliphatic carbocycles. The molecule has 0 aromatic heterocycles. The van der Waals surface area contributed by atoms with Crippen LogP contribution in [-0.4, -0.2) is 36.8 Å². The van der Waals surface area contributed by atoms with Crippen molar-refractivity contribution >= 4 is 0 Å². The van der Waals surface area contributed by atoms with Gasteiger partial charge in [-0.1, -0.05) is 0 Å². The predicted molar refractivity (Wildman–Crippen MR) is 94.9 cm³/mol. The van der Waals surface area contributed by atoms with E-state index in [4.69, 9.17) is 0 Å². The maximum atomic E-state index is 13.7. The lowest BCUT2D eigenvalue weighted by Gasteiger charge is -2.12. The van der Waals surface area contributed by atoms with E-state index in [1.807, 2.05) is 0 Å². The summed E-state index contributed by atoms with van der Waals surface area (Å²) in [5.74, 6) is -4.60. The molecule has 2 aromatic rings. The second-order valence-electron chi connectivity index (χ2n) is 7.13. The van der Waals surface area contributed by atoms with E-state index in [0.29, 0.717) is 0 Å². The van der Waals surface area contributed by atoms with Crippen molar-refractivity contribution in [2.45, 2.75) is 44.4 Å². The third-order valence-corrected chi connectivity index (χ3v) is 5.43. The Morgan fingerprint density at radius 3 is 1.10 bits per heavy atom. The summed E-state index contributed by atoms with van der Waals surface area (Å²) in [5.41, 5.74) is 0.443. The van der Waals surface area contributed by atoms with Crippen LogP contribution >= 0.6 is 0 Å². The van der Waals surface area contributed by atoms with E-state index >= 15 is 0 Å². The minimum absolute atomic E-state index is 0.0101. The van der Waals surface area contributed by atoms with Crippen molar-refractivity contribution in [1.82, 2.24) is 0 Å². The average Bonchev–Trinajstić information content (AvgIpc) is 3.44. The van der Waals surface area contributed by atoms with Gasteiger partial charge in [0.05, 0.1) is 32.3 Å². The first kappa shape index (κ1) is 21.4. The van der Waals surface area contributed by atoms with Gasteiger partial charge in [-0.3, -0.25) is 0 Å². The Hall–Kier alpha value is -2.33. The molecule has 0 bridgehead atoms. The molecule has 2 atom stereocenters. The smallest absolute Gasteiger partial charge is 0.393 e. The summed E-state index contributed by atoms with van der Waals surface area (Å²) in [6.07, 6.45) is -4.55. The van der Waals surface area contributed by atoms with Gasteiger partial charge < -0.3 is 30.6 Å². The van der Waals surface area contributed by atoms with Crippen LogP contribution in [-0.2, 0) is 26.4 Å². The third-order valence-electron chi connectivity index (χ3n) is 5.43. The largest absolute Gasteiger partial charge is 0.507 e. The summed E-state index contributed by atoms with van der Waals surface area (Å²) >= 11 is 0. The number of hydrogen-bond acceptors (Lipinski definition) is 6. The maximum Gasteiger partial charge on any atom is 0.393 e. The van der Waals surface area contributed by atoms with E-state index in [2.05, 4.69) is 0 Å². The van der Waals surface area contributed by atoms with Crippen molar-refractivity contribution < 1.29 is 43.8 Å². The third kappa shape index (κ3) is 3.78. The Bertz CT molecular complexity index is 794. The zero-order chi connectivity index (χ0) is 21.5. The van der Waals surface area contributed by atoms with Gasteiger partial charge in [0.2, 0.25) is 0 Å². The van der Waals surface area contributed by atoms with Gasteiger partial charge in [-0.15, -0.1) is 0 Å². The molecule has 1 fully saturated rings. The topological polar surface area (TPSA) is 121 Å². The second kappa shape index (κ2) is 7.83. The molecule has 2 unspecified atom stereocenters. The van der Waals surface area contributed by atoms with E-state index in [1.54, 1.807) is 0 Å². The standard InChI is InChI=1S/C20H21F3O6/c21-20(22,23)17-15(9-1-11(5-24)18(28)12(2-9)6-25)16(17)10-3-13(7-26)19(29)14(4-10)8-27/h1-4,15-17,24-29H,5-8H2. The van der Waals surface area contributed by atoms with Crippen LogP contribution in [0.5, 0.6) is 11.5 Å². The number of halogens is 3. The molecule has 158 valence electrons. The zero-order valence-corrected chi connectivity index (χ0v) is 15.2. The summed E-state index contributed by atoms with van der Waals surface area (Å²) < 4.78 is 41.1. The van der Waals surface area contributed by atoms with Crippen molar-refractivity contribution in [2.75, 3.05) is 0 Å². The lowest BCUT2D eigenvalue weighted by molar-refractivity contribution is -0.150. The number of benzene rings is 2. The van der Waals surface area contributed by atoms with Crippen LogP contribution in [0.2, 0.25) is 0 Å². The first-order valence-electron chi connectivity index (χ1n) is 8.87. The molecule has 1 saturated carbocycles. The fraction of sp³-hybridized carbons (Fsp3) is 0.400. The van der Waals surface area contributed by atoms with Crippen LogP contribution in [0.15, 0.2) is 24.3 Å². The lowest BCUT2D eigenvalue weighted by atomic mass is 9.97. The molecule has 3 rings (SSSR count). The van der Waals surface area contributed by atoms with E-state index in [1.165, 1.54) is 24.3 Å². The molecule has 9 heteroatoms. The number of aliphatic hydroxyl groups is 4. The van der Waals surface area contributed by atoms with Crippen LogP contribution in [0, 0.1) is 5.92 Å². The van der Waals surface area contributed by atoms with Crippen molar-refractivity contribution in [2.24, 2.45) is 5.92 Å². The molecule has 1 aliphatic rings. The van der Waals surface area contributed by atoms with Crippen molar-refractivity contribution in [3.05, 3.63) is 57.6 Å². The highest BCUT2D eigenvalue weighted by Crippen LogP contribution is 2.67. The highest BCUT2D eigenvalue weighted by atomic mass is 19.4. The van der Waals surface area contributed by atoms with Gasteiger partial charge in [0.15, 0.2) is 0 Å². The average molecular weight is 414 g/mol. The highest BCUT2D eigenvalue weighted by Gasteiger charge is 2.65. The fourth-order valence-corrected chi connectivity index (χ4v) is 3.99. The van der Waals surface area contributed by atoms with Crippen LogP contribution < -0.4 is 0 Å². The normalized spacial score (nSPS) is 21.4. The second-order valence-corrected chi connectivity index (χ2v) is 7.13. The van der Waals surface area contributed by atoms with E-state index < -0.39 is 50.4 Å².